The Morgan fingerprint density at radius 1 is 0.970 bits per heavy atom. The second-order valence-electron chi connectivity index (χ2n) is 7.98. The molecule has 33 heavy (non-hydrogen) atoms. The van der Waals surface area contributed by atoms with Crippen LogP contribution in [0.4, 0.5) is 5.69 Å². The van der Waals surface area contributed by atoms with Crippen LogP contribution in [-0.2, 0) is 0 Å². The number of hydrogen-bond donors (Lipinski definition) is 1. The van der Waals surface area contributed by atoms with Crippen LogP contribution in [0.5, 0.6) is 11.5 Å². The highest BCUT2D eigenvalue weighted by atomic mass is 16.5. The Bertz CT molecular complexity index is 1070. The molecule has 1 atom stereocenters. The van der Waals surface area contributed by atoms with Crippen molar-refractivity contribution in [1.29, 1.82) is 0 Å². The van der Waals surface area contributed by atoms with Gasteiger partial charge in [-0.1, -0.05) is 25.1 Å². The van der Waals surface area contributed by atoms with Crippen LogP contribution in [0.25, 0.3) is 5.69 Å². The van der Waals surface area contributed by atoms with Gasteiger partial charge in [-0.25, -0.2) is 4.68 Å². The molecule has 0 radical (unpaired) electrons. The average Bonchev–Trinajstić information content (AvgIpc) is 3.33. The first-order valence-corrected chi connectivity index (χ1v) is 11.1. The van der Waals surface area contributed by atoms with E-state index in [2.05, 4.69) is 10.00 Å². The van der Waals surface area contributed by atoms with Gasteiger partial charge in [-0.15, -0.1) is 0 Å². The van der Waals surface area contributed by atoms with Crippen molar-refractivity contribution >= 4 is 11.6 Å². The van der Waals surface area contributed by atoms with Crippen LogP contribution >= 0.6 is 0 Å². The van der Waals surface area contributed by atoms with Gasteiger partial charge < -0.3 is 24.4 Å². The maximum absolute atomic E-state index is 13.5. The molecule has 1 N–H and O–H groups in total. The highest BCUT2D eigenvalue weighted by Crippen LogP contribution is 2.29. The number of carbonyl (C=O) groups is 1. The lowest BCUT2D eigenvalue weighted by Gasteiger charge is -2.36. The molecule has 8 nitrogen and oxygen atoms in total. The molecular formula is C25H30N4O4. The van der Waals surface area contributed by atoms with Gasteiger partial charge in [-0.2, -0.15) is 5.10 Å². The minimum Gasteiger partial charge on any atom is -0.497 e. The molecule has 0 saturated carbocycles. The maximum atomic E-state index is 13.5. The van der Waals surface area contributed by atoms with Crippen molar-refractivity contribution in [2.75, 3.05) is 45.3 Å². The molecule has 1 unspecified atom stereocenters. The standard InChI is InChI=1S/C25H30N4O4/c1-4-24(30)22-17-23(29(26-22)18-8-6-5-7-9-18)25(31)28-12-10-27(11-13-28)19-14-20(32-2)16-21(15-19)33-3/h5-9,14-17,24,30H,4,10-13H2,1-3H3. The van der Waals surface area contributed by atoms with Crippen molar-refractivity contribution in [3.8, 4) is 17.2 Å². The second kappa shape index (κ2) is 9.95. The van der Waals surface area contributed by atoms with E-state index in [1.54, 1.807) is 25.0 Å². The Hall–Kier alpha value is -3.52. The number of aromatic nitrogens is 2. The second-order valence-corrected chi connectivity index (χ2v) is 7.98. The number of rotatable bonds is 7. The predicted molar refractivity (Wildman–Crippen MR) is 126 cm³/mol. The third-order valence-electron chi connectivity index (χ3n) is 5.94. The van der Waals surface area contributed by atoms with Crippen LogP contribution in [-0.4, -0.2) is 66.1 Å². The summed E-state index contributed by atoms with van der Waals surface area (Å²) in [6.07, 6.45) is -0.177. The van der Waals surface area contributed by atoms with Crippen molar-refractivity contribution in [1.82, 2.24) is 14.7 Å². The number of benzene rings is 2. The number of nitrogens with zero attached hydrogens (tertiary/aromatic N) is 4. The van der Waals surface area contributed by atoms with Crippen LogP contribution in [0.2, 0.25) is 0 Å². The topological polar surface area (TPSA) is 80.1 Å². The zero-order chi connectivity index (χ0) is 23.4. The van der Waals surface area contributed by atoms with Gasteiger partial charge in [0.1, 0.15) is 17.2 Å². The van der Waals surface area contributed by atoms with Gasteiger partial charge in [-0.05, 0) is 24.6 Å². The first-order valence-electron chi connectivity index (χ1n) is 11.1. The molecular weight excluding hydrogens is 420 g/mol. The van der Waals surface area contributed by atoms with Crippen LogP contribution in [0.1, 0.15) is 35.6 Å². The highest BCUT2D eigenvalue weighted by molar-refractivity contribution is 5.93. The number of amides is 1. The fraction of sp³-hybridized carbons (Fsp3) is 0.360. The summed E-state index contributed by atoms with van der Waals surface area (Å²) in [7, 11) is 3.27. The van der Waals surface area contributed by atoms with E-state index in [0.29, 0.717) is 44.0 Å². The normalized spacial score (nSPS) is 14.8. The van der Waals surface area contributed by atoms with E-state index in [-0.39, 0.29) is 5.91 Å². The third kappa shape index (κ3) is 4.80. The summed E-state index contributed by atoms with van der Waals surface area (Å²) in [5.74, 6) is 1.37. The lowest BCUT2D eigenvalue weighted by atomic mass is 10.2. The highest BCUT2D eigenvalue weighted by Gasteiger charge is 2.27. The Morgan fingerprint density at radius 3 is 2.18 bits per heavy atom. The van der Waals surface area contributed by atoms with Crippen molar-refractivity contribution < 1.29 is 19.4 Å². The molecule has 1 saturated heterocycles. The monoisotopic (exact) mass is 450 g/mol. The lowest BCUT2D eigenvalue weighted by Crippen LogP contribution is -2.49. The Labute approximate surface area is 193 Å². The molecule has 8 heteroatoms. The van der Waals surface area contributed by atoms with Crippen molar-refractivity contribution in [2.45, 2.75) is 19.4 Å². The number of anilines is 1. The van der Waals surface area contributed by atoms with Crippen LogP contribution < -0.4 is 14.4 Å². The van der Waals surface area contributed by atoms with Gasteiger partial charge >= 0.3 is 0 Å². The quantitative estimate of drug-likeness (QED) is 0.595. The zero-order valence-electron chi connectivity index (χ0n) is 19.3. The van der Waals surface area contributed by atoms with E-state index in [1.807, 2.05) is 60.4 Å². The van der Waals surface area contributed by atoms with Crippen LogP contribution in [0.15, 0.2) is 54.6 Å². The number of methoxy groups -OCH3 is 2. The smallest absolute Gasteiger partial charge is 0.272 e. The van der Waals surface area contributed by atoms with Gasteiger partial charge in [-0.3, -0.25) is 4.79 Å². The van der Waals surface area contributed by atoms with Gasteiger partial charge in [0.05, 0.1) is 31.7 Å². The van der Waals surface area contributed by atoms with Gasteiger partial charge in [0, 0.05) is 50.1 Å². The van der Waals surface area contributed by atoms with Crippen LogP contribution in [0.3, 0.4) is 0 Å². The summed E-state index contributed by atoms with van der Waals surface area (Å²) in [4.78, 5) is 17.5. The largest absolute Gasteiger partial charge is 0.497 e. The zero-order valence-corrected chi connectivity index (χ0v) is 19.3. The maximum Gasteiger partial charge on any atom is 0.272 e. The number of carbonyl (C=O) groups excluding carboxylic acids is 1. The van der Waals surface area contributed by atoms with Gasteiger partial charge in [0.15, 0.2) is 0 Å². The molecule has 0 bridgehead atoms. The number of aliphatic hydroxyl groups excluding tert-OH is 1. The molecule has 1 aliphatic heterocycles. The molecule has 1 amide bonds. The van der Waals surface area contributed by atoms with E-state index in [1.165, 1.54) is 0 Å². The molecule has 1 fully saturated rings. The third-order valence-corrected chi connectivity index (χ3v) is 5.94. The summed E-state index contributed by atoms with van der Waals surface area (Å²) in [6, 6.07) is 17.0. The molecule has 3 aromatic rings. The summed E-state index contributed by atoms with van der Waals surface area (Å²) in [5.41, 5.74) is 2.76. The van der Waals surface area contributed by atoms with E-state index in [0.717, 1.165) is 22.9 Å². The number of aliphatic hydroxyl groups is 1. The van der Waals surface area contributed by atoms with Gasteiger partial charge in [0.25, 0.3) is 5.91 Å². The minimum absolute atomic E-state index is 0.0937. The molecule has 0 spiro atoms. The van der Waals surface area contributed by atoms with E-state index in [4.69, 9.17) is 9.47 Å². The minimum atomic E-state index is -0.707. The molecule has 4 rings (SSSR count). The van der Waals surface area contributed by atoms with Gasteiger partial charge in [0.2, 0.25) is 0 Å². The number of piperazine rings is 1. The van der Waals surface area contributed by atoms with Crippen molar-refractivity contribution in [2.24, 2.45) is 0 Å². The average molecular weight is 451 g/mol. The summed E-state index contributed by atoms with van der Waals surface area (Å²) >= 11 is 0. The Morgan fingerprint density at radius 2 is 1.61 bits per heavy atom. The summed E-state index contributed by atoms with van der Waals surface area (Å²) in [6.45, 7) is 4.41. The Balaban J connectivity index is 1.54. The van der Waals surface area contributed by atoms with E-state index >= 15 is 0 Å². The first-order chi connectivity index (χ1) is 16.0. The fourth-order valence-electron chi connectivity index (χ4n) is 3.99. The lowest BCUT2D eigenvalue weighted by molar-refractivity contribution is 0.0737. The molecule has 2 heterocycles. The number of para-hydroxylation sites is 1. The Kier molecular flexibility index (Phi) is 6.84. The fourth-order valence-corrected chi connectivity index (χ4v) is 3.99. The van der Waals surface area contributed by atoms with Crippen LogP contribution in [0, 0.1) is 0 Å². The summed E-state index contributed by atoms with van der Waals surface area (Å²) in [5, 5.41) is 14.9. The van der Waals surface area contributed by atoms with Crippen molar-refractivity contribution in [3.05, 3.63) is 66.0 Å². The molecule has 1 aliphatic rings. The molecule has 0 aliphatic carbocycles. The molecule has 2 aromatic carbocycles. The van der Waals surface area contributed by atoms with E-state index in [9.17, 15) is 9.90 Å². The van der Waals surface area contributed by atoms with Crippen molar-refractivity contribution in [3.63, 3.8) is 0 Å². The molecule has 1 aromatic heterocycles. The number of ether oxygens (including phenoxy) is 2. The predicted octanol–water partition coefficient (Wildman–Crippen LogP) is 3.30. The molecule has 174 valence electrons. The summed E-state index contributed by atoms with van der Waals surface area (Å²) < 4.78 is 12.4. The number of hydrogen-bond acceptors (Lipinski definition) is 6. The SMILES string of the molecule is CCC(O)c1cc(C(=O)N2CCN(c3cc(OC)cc(OC)c3)CC2)n(-c2ccccc2)n1. The van der Waals surface area contributed by atoms with E-state index < -0.39 is 6.10 Å². The first kappa shape index (κ1) is 22.7.